The van der Waals surface area contributed by atoms with E-state index in [2.05, 4.69) is 10.6 Å². The molecule has 3 aromatic rings. The second-order valence-electron chi connectivity index (χ2n) is 6.44. The maximum absolute atomic E-state index is 12.6. The van der Waals surface area contributed by atoms with E-state index < -0.39 is 28.8 Å². The van der Waals surface area contributed by atoms with E-state index in [-0.39, 0.29) is 33.4 Å². The van der Waals surface area contributed by atoms with Gasteiger partial charge in [0.2, 0.25) is 0 Å². The molecule has 2 amide bonds. The Morgan fingerprint density at radius 1 is 1.06 bits per heavy atom. The zero-order chi connectivity index (χ0) is 23.3. The fourth-order valence-corrected chi connectivity index (χ4v) is 2.81. The molecule has 0 bridgehead atoms. The molecule has 164 valence electrons. The largest absolute Gasteiger partial charge is 0.459 e. The molecule has 10 nitrogen and oxygen atoms in total. The first-order chi connectivity index (χ1) is 15.3. The van der Waals surface area contributed by atoms with Crippen LogP contribution in [0.5, 0.6) is 0 Å². The van der Waals surface area contributed by atoms with Gasteiger partial charge < -0.3 is 19.8 Å². The number of carbonyl (C=O) groups is 3. The van der Waals surface area contributed by atoms with Gasteiger partial charge in [-0.05, 0) is 37.3 Å². The predicted molar refractivity (Wildman–Crippen MR) is 115 cm³/mol. The zero-order valence-corrected chi connectivity index (χ0v) is 17.3. The van der Waals surface area contributed by atoms with Gasteiger partial charge in [-0.25, -0.2) is 4.79 Å². The lowest BCUT2D eigenvalue weighted by Crippen LogP contribution is -2.30. The molecule has 2 N–H and O–H groups in total. The normalized spacial score (nSPS) is 11.3. The van der Waals surface area contributed by atoms with Crippen LogP contribution in [0, 0.1) is 10.1 Å². The van der Waals surface area contributed by atoms with Crippen molar-refractivity contribution in [1.82, 2.24) is 0 Å². The minimum absolute atomic E-state index is 0.0282. The number of carbonyl (C=O) groups excluding carboxylic acids is 3. The lowest BCUT2D eigenvalue weighted by atomic mass is 10.1. The molecule has 0 saturated carbocycles. The van der Waals surface area contributed by atoms with Crippen LogP contribution in [-0.2, 0) is 9.53 Å². The molecule has 0 unspecified atom stereocenters. The van der Waals surface area contributed by atoms with Crippen molar-refractivity contribution in [2.45, 2.75) is 13.0 Å². The van der Waals surface area contributed by atoms with E-state index in [4.69, 9.17) is 20.8 Å². The number of ether oxygens (including phenoxy) is 1. The number of nitro groups is 1. The molecule has 0 saturated heterocycles. The van der Waals surface area contributed by atoms with Gasteiger partial charge in [-0.2, -0.15) is 0 Å². The predicted octanol–water partition coefficient (Wildman–Crippen LogP) is 4.28. The van der Waals surface area contributed by atoms with Crippen LogP contribution in [0.25, 0.3) is 0 Å². The number of nitrogens with one attached hydrogen (secondary N) is 2. The monoisotopic (exact) mass is 457 g/mol. The number of para-hydroxylation sites is 1. The Labute approximate surface area is 186 Å². The highest BCUT2D eigenvalue weighted by Crippen LogP contribution is 2.27. The molecule has 11 heteroatoms. The van der Waals surface area contributed by atoms with E-state index in [0.29, 0.717) is 0 Å². The van der Waals surface area contributed by atoms with Crippen LogP contribution in [-0.4, -0.2) is 28.8 Å². The molecule has 0 spiro atoms. The Hall–Kier alpha value is -4.18. The van der Waals surface area contributed by atoms with Crippen LogP contribution in [0.2, 0.25) is 5.02 Å². The van der Waals surface area contributed by atoms with Crippen molar-refractivity contribution in [3.8, 4) is 0 Å². The van der Waals surface area contributed by atoms with Crippen LogP contribution < -0.4 is 10.6 Å². The molecule has 0 fully saturated rings. The number of furan rings is 1. The first kappa shape index (κ1) is 22.5. The maximum atomic E-state index is 12.6. The van der Waals surface area contributed by atoms with Crippen molar-refractivity contribution < 1.29 is 28.5 Å². The van der Waals surface area contributed by atoms with E-state index in [9.17, 15) is 24.5 Å². The summed E-state index contributed by atoms with van der Waals surface area (Å²) in [6, 6.07) is 12.7. The number of hydrogen-bond donors (Lipinski definition) is 2. The molecule has 32 heavy (non-hydrogen) atoms. The minimum Gasteiger partial charge on any atom is -0.459 e. The summed E-state index contributed by atoms with van der Waals surface area (Å²) in [6.07, 6.45) is 0.106. The SMILES string of the molecule is C[C@@H](OC(=O)c1ccccc1NC(=O)c1ccco1)C(=O)Nc1ccc([N+](=O)[O-])cc1Cl. The fraction of sp³-hybridized carbons (Fsp3) is 0.0952. The standard InChI is InChI=1S/C21H16ClN3O7/c1-12(19(26)24-17-9-8-13(25(29)30)11-15(17)22)32-21(28)14-5-2-3-6-16(14)23-20(27)18-7-4-10-31-18/h2-12H,1H3,(H,23,27)(H,24,26)/t12-/m1/s1. The summed E-state index contributed by atoms with van der Waals surface area (Å²) in [7, 11) is 0. The highest BCUT2D eigenvalue weighted by atomic mass is 35.5. The third kappa shape index (κ3) is 5.29. The van der Waals surface area contributed by atoms with Gasteiger partial charge in [0.1, 0.15) is 0 Å². The van der Waals surface area contributed by atoms with Gasteiger partial charge in [0.15, 0.2) is 11.9 Å². The second-order valence-corrected chi connectivity index (χ2v) is 6.84. The number of non-ortho nitro benzene ring substituents is 1. The molecule has 2 aromatic carbocycles. The summed E-state index contributed by atoms with van der Waals surface area (Å²) >= 11 is 5.96. The number of anilines is 2. The molecular formula is C21H16ClN3O7. The van der Waals surface area contributed by atoms with Gasteiger partial charge in [0.05, 0.1) is 33.1 Å². The minimum atomic E-state index is -1.23. The molecule has 0 aliphatic rings. The first-order valence-corrected chi connectivity index (χ1v) is 9.53. The number of hydrogen-bond acceptors (Lipinski definition) is 7. The molecule has 0 aliphatic carbocycles. The van der Waals surface area contributed by atoms with E-state index in [1.165, 1.54) is 43.5 Å². The molecule has 3 rings (SSSR count). The van der Waals surface area contributed by atoms with Crippen molar-refractivity contribution in [2.24, 2.45) is 0 Å². The number of nitro benzene ring substituents is 1. The molecule has 1 aromatic heterocycles. The topological polar surface area (TPSA) is 141 Å². The Balaban J connectivity index is 1.67. The van der Waals surface area contributed by atoms with E-state index in [1.54, 1.807) is 18.2 Å². The smallest absolute Gasteiger partial charge is 0.341 e. The van der Waals surface area contributed by atoms with Crippen LogP contribution in [0.15, 0.2) is 65.3 Å². The lowest BCUT2D eigenvalue weighted by Gasteiger charge is -2.15. The van der Waals surface area contributed by atoms with Gasteiger partial charge >= 0.3 is 5.97 Å². The summed E-state index contributed by atoms with van der Waals surface area (Å²) in [6.45, 7) is 1.34. The van der Waals surface area contributed by atoms with Gasteiger partial charge in [-0.1, -0.05) is 23.7 Å². The van der Waals surface area contributed by atoms with Gasteiger partial charge in [0.25, 0.3) is 17.5 Å². The van der Waals surface area contributed by atoms with Gasteiger partial charge in [-0.15, -0.1) is 0 Å². The molecule has 1 atom stereocenters. The quantitative estimate of drug-likeness (QED) is 0.306. The van der Waals surface area contributed by atoms with Crippen LogP contribution >= 0.6 is 11.6 Å². The van der Waals surface area contributed by atoms with Crippen LogP contribution in [0.1, 0.15) is 27.8 Å². The maximum Gasteiger partial charge on any atom is 0.341 e. The Morgan fingerprint density at radius 2 is 1.81 bits per heavy atom. The fourth-order valence-electron chi connectivity index (χ4n) is 2.59. The average molecular weight is 458 g/mol. The van der Waals surface area contributed by atoms with Crippen molar-refractivity contribution >= 4 is 46.4 Å². The number of benzene rings is 2. The highest BCUT2D eigenvalue weighted by Gasteiger charge is 2.23. The van der Waals surface area contributed by atoms with E-state index >= 15 is 0 Å². The van der Waals surface area contributed by atoms with Crippen molar-refractivity contribution in [3.63, 3.8) is 0 Å². The van der Waals surface area contributed by atoms with Crippen LogP contribution in [0.3, 0.4) is 0 Å². The summed E-state index contributed by atoms with van der Waals surface area (Å²) in [5.74, 6) is -2.06. The molecule has 0 aliphatic heterocycles. The zero-order valence-electron chi connectivity index (χ0n) is 16.5. The van der Waals surface area contributed by atoms with Crippen molar-refractivity contribution in [1.29, 1.82) is 0 Å². The Kier molecular flexibility index (Phi) is 6.86. The number of rotatable bonds is 7. The second kappa shape index (κ2) is 9.75. The molecule has 1 heterocycles. The Bertz CT molecular complexity index is 1180. The van der Waals surface area contributed by atoms with Gasteiger partial charge in [0, 0.05) is 12.1 Å². The summed E-state index contributed by atoms with van der Waals surface area (Å²) in [5, 5.41) is 15.7. The first-order valence-electron chi connectivity index (χ1n) is 9.16. The van der Waals surface area contributed by atoms with Crippen molar-refractivity contribution in [3.05, 3.63) is 87.3 Å². The number of amides is 2. The third-order valence-corrected chi connectivity index (χ3v) is 4.53. The summed E-state index contributed by atoms with van der Waals surface area (Å²) < 4.78 is 10.2. The third-order valence-electron chi connectivity index (χ3n) is 4.21. The summed E-state index contributed by atoms with van der Waals surface area (Å²) in [4.78, 5) is 47.4. The number of halogens is 1. The van der Waals surface area contributed by atoms with E-state index in [1.807, 2.05) is 0 Å². The number of esters is 1. The average Bonchev–Trinajstić information content (AvgIpc) is 3.30. The molecular weight excluding hydrogens is 442 g/mol. The van der Waals surface area contributed by atoms with E-state index in [0.717, 1.165) is 6.07 Å². The van der Waals surface area contributed by atoms with Gasteiger partial charge in [-0.3, -0.25) is 19.7 Å². The number of nitrogens with zero attached hydrogens (tertiary/aromatic N) is 1. The Morgan fingerprint density at radius 3 is 2.47 bits per heavy atom. The van der Waals surface area contributed by atoms with Crippen LogP contribution in [0.4, 0.5) is 17.1 Å². The van der Waals surface area contributed by atoms with Crippen molar-refractivity contribution in [2.75, 3.05) is 10.6 Å². The lowest BCUT2D eigenvalue weighted by molar-refractivity contribution is -0.384. The molecule has 0 radical (unpaired) electrons. The highest BCUT2D eigenvalue weighted by molar-refractivity contribution is 6.34. The summed E-state index contributed by atoms with van der Waals surface area (Å²) in [5.41, 5.74) is 0.0855.